The summed E-state index contributed by atoms with van der Waals surface area (Å²) < 4.78 is 11.6. The zero-order chi connectivity index (χ0) is 17.8. The minimum atomic E-state index is 0.501. The van der Waals surface area contributed by atoms with E-state index in [0.717, 1.165) is 23.2 Å². The first-order valence-corrected chi connectivity index (χ1v) is 8.60. The van der Waals surface area contributed by atoms with Gasteiger partial charge in [0.15, 0.2) is 11.4 Å². The van der Waals surface area contributed by atoms with Crippen molar-refractivity contribution in [3.63, 3.8) is 0 Å². The average Bonchev–Trinajstić information content (AvgIpc) is 3.11. The second-order valence-electron chi connectivity index (χ2n) is 5.94. The summed E-state index contributed by atoms with van der Waals surface area (Å²) in [4.78, 5) is 4.11. The minimum absolute atomic E-state index is 0.501. The third-order valence-electron chi connectivity index (χ3n) is 4.27. The fraction of sp³-hybridized carbons (Fsp3) is 0.143. The first-order chi connectivity index (χ1) is 12.8. The number of anilines is 2. The molecule has 0 radical (unpaired) electrons. The van der Waals surface area contributed by atoms with Gasteiger partial charge in [0.25, 0.3) is 0 Å². The number of aromatic nitrogens is 2. The lowest BCUT2D eigenvalue weighted by Gasteiger charge is -2.11. The third-order valence-corrected chi connectivity index (χ3v) is 4.27. The molecule has 5 heteroatoms. The Morgan fingerprint density at radius 1 is 1.00 bits per heavy atom. The van der Waals surface area contributed by atoms with Crippen LogP contribution in [0.3, 0.4) is 0 Å². The Hall–Kier alpha value is -3.34. The van der Waals surface area contributed by atoms with Gasteiger partial charge in [0, 0.05) is 6.20 Å². The molecule has 1 N–H and O–H groups in total. The summed E-state index contributed by atoms with van der Waals surface area (Å²) in [6.07, 6.45) is 4.44. The summed E-state index contributed by atoms with van der Waals surface area (Å²) >= 11 is 0. The Labute approximate surface area is 151 Å². The number of aryl methyl sites for hydroxylation is 1. The number of nitrogens with one attached hydrogen (secondary N) is 1. The second-order valence-corrected chi connectivity index (χ2v) is 5.94. The highest BCUT2D eigenvalue weighted by atomic mass is 16.5. The van der Waals surface area contributed by atoms with Crippen molar-refractivity contribution in [1.29, 1.82) is 0 Å². The molecule has 0 aliphatic heterocycles. The molecule has 2 heterocycles. The van der Waals surface area contributed by atoms with Gasteiger partial charge in [-0.3, -0.25) is 4.98 Å². The molecule has 0 atom stereocenters. The van der Waals surface area contributed by atoms with Crippen molar-refractivity contribution in [2.24, 2.45) is 0 Å². The quantitative estimate of drug-likeness (QED) is 0.526. The Bertz CT molecular complexity index is 1010. The van der Waals surface area contributed by atoms with E-state index in [9.17, 15) is 0 Å². The van der Waals surface area contributed by atoms with E-state index in [1.807, 2.05) is 36.4 Å². The van der Waals surface area contributed by atoms with Crippen LogP contribution in [0.15, 0.2) is 71.5 Å². The van der Waals surface area contributed by atoms with Crippen molar-refractivity contribution in [3.8, 4) is 5.75 Å². The van der Waals surface area contributed by atoms with Crippen LogP contribution in [0.5, 0.6) is 5.75 Å². The molecule has 0 fully saturated rings. The van der Waals surface area contributed by atoms with Crippen LogP contribution in [0.1, 0.15) is 18.1 Å². The Morgan fingerprint density at radius 3 is 2.69 bits per heavy atom. The highest BCUT2D eigenvalue weighted by Gasteiger charge is 2.14. The zero-order valence-electron chi connectivity index (χ0n) is 14.5. The van der Waals surface area contributed by atoms with Gasteiger partial charge < -0.3 is 14.6 Å². The maximum absolute atomic E-state index is 6.13. The van der Waals surface area contributed by atoms with Gasteiger partial charge in [-0.1, -0.05) is 42.4 Å². The first-order valence-electron chi connectivity index (χ1n) is 8.60. The SMILES string of the molecule is CCc1ccccc1COc1cccc2onc(Nc3cccnc3)c12. The van der Waals surface area contributed by atoms with Crippen molar-refractivity contribution >= 4 is 22.5 Å². The van der Waals surface area contributed by atoms with Gasteiger partial charge in [-0.25, -0.2) is 0 Å². The molecule has 4 rings (SSSR count). The normalized spacial score (nSPS) is 10.8. The zero-order valence-corrected chi connectivity index (χ0v) is 14.5. The summed E-state index contributed by atoms with van der Waals surface area (Å²) in [5.41, 5.74) is 4.00. The molecule has 5 nitrogen and oxygen atoms in total. The monoisotopic (exact) mass is 345 g/mol. The third kappa shape index (κ3) is 3.24. The van der Waals surface area contributed by atoms with Crippen LogP contribution in [0.2, 0.25) is 0 Å². The molecule has 4 aromatic rings. The van der Waals surface area contributed by atoms with E-state index in [1.165, 1.54) is 11.1 Å². The molecule has 26 heavy (non-hydrogen) atoms. The number of ether oxygens (including phenoxy) is 1. The number of benzene rings is 2. The van der Waals surface area contributed by atoms with Crippen molar-refractivity contribution < 1.29 is 9.26 Å². The van der Waals surface area contributed by atoms with Gasteiger partial charge in [-0.15, -0.1) is 0 Å². The van der Waals surface area contributed by atoms with Crippen LogP contribution >= 0.6 is 0 Å². The molecule has 0 bridgehead atoms. The highest BCUT2D eigenvalue weighted by Crippen LogP contribution is 2.34. The number of hydrogen-bond acceptors (Lipinski definition) is 5. The fourth-order valence-corrected chi connectivity index (χ4v) is 2.94. The number of nitrogens with zero attached hydrogens (tertiary/aromatic N) is 2. The molecule has 130 valence electrons. The Kier molecular flexibility index (Phi) is 4.51. The van der Waals surface area contributed by atoms with Crippen LogP contribution in [0.25, 0.3) is 11.0 Å². The second kappa shape index (κ2) is 7.27. The molecule has 0 aliphatic rings. The van der Waals surface area contributed by atoms with E-state index in [1.54, 1.807) is 12.4 Å². The number of pyridine rings is 1. The minimum Gasteiger partial charge on any atom is -0.488 e. The van der Waals surface area contributed by atoms with Gasteiger partial charge in [-0.2, -0.15) is 0 Å². The lowest BCUT2D eigenvalue weighted by molar-refractivity contribution is 0.309. The van der Waals surface area contributed by atoms with Gasteiger partial charge >= 0.3 is 0 Å². The molecule has 0 saturated heterocycles. The number of hydrogen-bond donors (Lipinski definition) is 1. The van der Waals surface area contributed by atoms with E-state index in [0.29, 0.717) is 18.0 Å². The maximum Gasteiger partial charge on any atom is 0.185 e. The van der Waals surface area contributed by atoms with Gasteiger partial charge in [0.1, 0.15) is 17.7 Å². The average molecular weight is 345 g/mol. The Morgan fingerprint density at radius 2 is 1.88 bits per heavy atom. The standard InChI is InChI=1S/C21H19N3O2/c1-2-15-7-3-4-8-16(15)14-25-18-10-5-11-19-20(18)21(24-26-19)23-17-9-6-12-22-13-17/h3-13H,2,14H2,1H3,(H,23,24). The van der Waals surface area contributed by atoms with Crippen LogP contribution in [-0.2, 0) is 13.0 Å². The van der Waals surface area contributed by atoms with Crippen molar-refractivity contribution in [1.82, 2.24) is 10.1 Å². The lowest BCUT2D eigenvalue weighted by Crippen LogP contribution is -2.00. The van der Waals surface area contributed by atoms with E-state index < -0.39 is 0 Å². The lowest BCUT2D eigenvalue weighted by atomic mass is 10.1. The summed E-state index contributed by atoms with van der Waals surface area (Å²) in [6, 6.07) is 17.8. The largest absolute Gasteiger partial charge is 0.488 e. The maximum atomic E-state index is 6.13. The highest BCUT2D eigenvalue weighted by molar-refractivity contribution is 5.95. The molecular formula is C21H19N3O2. The van der Waals surface area contributed by atoms with Crippen LogP contribution in [0, 0.1) is 0 Å². The van der Waals surface area contributed by atoms with Crippen molar-refractivity contribution in [3.05, 3.63) is 78.1 Å². The predicted molar refractivity (Wildman–Crippen MR) is 102 cm³/mol. The molecule has 0 spiro atoms. The summed E-state index contributed by atoms with van der Waals surface area (Å²) in [5, 5.41) is 8.21. The molecular weight excluding hydrogens is 326 g/mol. The van der Waals surface area contributed by atoms with Crippen LogP contribution in [0.4, 0.5) is 11.5 Å². The van der Waals surface area contributed by atoms with Crippen molar-refractivity contribution in [2.75, 3.05) is 5.32 Å². The van der Waals surface area contributed by atoms with Gasteiger partial charge in [0.05, 0.1) is 11.9 Å². The van der Waals surface area contributed by atoms with Gasteiger partial charge in [-0.05, 0) is 41.8 Å². The molecule has 0 amide bonds. The number of rotatable bonds is 6. The molecule has 0 aliphatic carbocycles. The topological polar surface area (TPSA) is 60.2 Å². The van der Waals surface area contributed by atoms with E-state index in [-0.39, 0.29) is 0 Å². The first kappa shape index (κ1) is 16.1. The molecule has 0 unspecified atom stereocenters. The fourth-order valence-electron chi connectivity index (χ4n) is 2.94. The summed E-state index contributed by atoms with van der Waals surface area (Å²) in [7, 11) is 0. The number of fused-ring (bicyclic) bond motifs is 1. The molecule has 2 aromatic carbocycles. The predicted octanol–water partition coefficient (Wildman–Crippen LogP) is 5.11. The summed E-state index contributed by atoms with van der Waals surface area (Å²) in [6.45, 7) is 2.65. The molecule has 0 saturated carbocycles. The van der Waals surface area contributed by atoms with Crippen LogP contribution < -0.4 is 10.1 Å². The van der Waals surface area contributed by atoms with E-state index in [2.05, 4.69) is 40.6 Å². The Balaban J connectivity index is 1.64. The van der Waals surface area contributed by atoms with E-state index >= 15 is 0 Å². The molecule has 2 aromatic heterocycles. The van der Waals surface area contributed by atoms with E-state index in [4.69, 9.17) is 9.26 Å². The van der Waals surface area contributed by atoms with Crippen molar-refractivity contribution in [2.45, 2.75) is 20.0 Å². The van der Waals surface area contributed by atoms with Gasteiger partial charge in [0.2, 0.25) is 0 Å². The van der Waals surface area contributed by atoms with Crippen LogP contribution in [-0.4, -0.2) is 10.1 Å². The smallest absolute Gasteiger partial charge is 0.185 e. The summed E-state index contributed by atoms with van der Waals surface area (Å²) in [5.74, 6) is 1.36.